The number of alkyl halides is 3. The number of ether oxygens (including phenoxy) is 2. The van der Waals surface area contributed by atoms with Crippen LogP contribution in [0.3, 0.4) is 0 Å². The van der Waals surface area contributed by atoms with Crippen LogP contribution in [0.2, 0.25) is 5.02 Å². The Morgan fingerprint density at radius 2 is 1.94 bits per heavy atom. The quantitative estimate of drug-likeness (QED) is 0.376. The van der Waals surface area contributed by atoms with Crippen LogP contribution in [0.4, 0.5) is 13.2 Å². The van der Waals surface area contributed by atoms with Gasteiger partial charge in [0.2, 0.25) is 5.91 Å². The van der Waals surface area contributed by atoms with E-state index in [9.17, 15) is 18.0 Å². The Morgan fingerprint density at radius 1 is 1.24 bits per heavy atom. The third kappa shape index (κ3) is 6.40. The molecule has 184 valence electrons. The minimum absolute atomic E-state index is 0.304. The highest BCUT2D eigenvalue weighted by Gasteiger charge is 2.31. The van der Waals surface area contributed by atoms with Crippen LogP contribution in [-0.2, 0) is 22.6 Å². The summed E-state index contributed by atoms with van der Waals surface area (Å²) in [4.78, 5) is 16.3. The van der Waals surface area contributed by atoms with E-state index in [0.29, 0.717) is 60.2 Å². The number of carbonyl (C=O) groups is 1. The molecule has 1 atom stereocenters. The number of benzene rings is 2. The predicted octanol–water partition coefficient (Wildman–Crippen LogP) is 4.65. The summed E-state index contributed by atoms with van der Waals surface area (Å²) in [6.07, 6.45) is -4.22. The number of imidazole rings is 1. The van der Waals surface area contributed by atoms with Gasteiger partial charge in [0.05, 0.1) is 35.2 Å². The molecule has 0 aliphatic heterocycles. The summed E-state index contributed by atoms with van der Waals surface area (Å²) in [6, 6.07) is 8.55. The van der Waals surface area contributed by atoms with Gasteiger partial charge in [-0.25, -0.2) is 4.98 Å². The first kappa shape index (κ1) is 25.8. The lowest BCUT2D eigenvalue weighted by atomic mass is 10.0. The first-order chi connectivity index (χ1) is 16.1. The molecule has 1 amide bonds. The summed E-state index contributed by atoms with van der Waals surface area (Å²) in [5.74, 6) is -0.0807. The Balaban J connectivity index is 1.97. The lowest BCUT2D eigenvalue weighted by Gasteiger charge is -2.15. The first-order valence-electron chi connectivity index (χ1n) is 10.8. The fourth-order valence-corrected chi connectivity index (χ4v) is 3.87. The van der Waals surface area contributed by atoms with Crippen LogP contribution in [0.15, 0.2) is 36.4 Å². The summed E-state index contributed by atoms with van der Waals surface area (Å²) in [6.45, 7) is 5.58. The largest absolute Gasteiger partial charge is 0.573 e. The standard InChI is InChI=1S/C23H26ClF3N4O3/c1-3-18(22(28)32)29-13-21-30-19-12-17(24)16(11-20(19)31(21)9-10-33-4-2)14-5-7-15(8-6-14)34-23(25,26)27/h5-8,11-12,18,29H,3-4,9-10,13H2,1-2H3,(H2,28,32)/t18-/m0/s1. The molecule has 0 saturated heterocycles. The molecular formula is C23H26ClF3N4O3. The zero-order valence-electron chi connectivity index (χ0n) is 18.8. The van der Waals surface area contributed by atoms with Gasteiger partial charge in [0.1, 0.15) is 11.6 Å². The number of carbonyl (C=O) groups excluding carboxylic acids is 1. The molecular weight excluding hydrogens is 473 g/mol. The van der Waals surface area contributed by atoms with E-state index in [1.165, 1.54) is 24.3 Å². The van der Waals surface area contributed by atoms with Gasteiger partial charge in [0, 0.05) is 18.7 Å². The van der Waals surface area contributed by atoms with Crippen molar-refractivity contribution in [2.75, 3.05) is 13.2 Å². The topological polar surface area (TPSA) is 91.4 Å². The smallest absolute Gasteiger partial charge is 0.406 e. The maximum absolute atomic E-state index is 12.5. The highest BCUT2D eigenvalue weighted by molar-refractivity contribution is 6.34. The van der Waals surface area contributed by atoms with E-state index in [2.05, 4.69) is 15.0 Å². The van der Waals surface area contributed by atoms with E-state index in [0.717, 1.165) is 5.52 Å². The van der Waals surface area contributed by atoms with E-state index in [-0.39, 0.29) is 5.75 Å². The second-order valence-corrected chi connectivity index (χ2v) is 7.92. The zero-order chi connectivity index (χ0) is 24.9. The van der Waals surface area contributed by atoms with Gasteiger partial charge in [-0.15, -0.1) is 13.2 Å². The molecule has 1 aromatic heterocycles. The molecule has 3 aromatic rings. The number of amides is 1. The lowest BCUT2D eigenvalue weighted by Crippen LogP contribution is -2.40. The van der Waals surface area contributed by atoms with E-state index in [1.54, 1.807) is 6.07 Å². The number of hydrogen-bond acceptors (Lipinski definition) is 5. The van der Waals surface area contributed by atoms with E-state index in [4.69, 9.17) is 22.1 Å². The molecule has 0 aliphatic carbocycles. The summed E-state index contributed by atoms with van der Waals surface area (Å²) in [7, 11) is 0. The average molecular weight is 499 g/mol. The Hall–Kier alpha value is -2.82. The summed E-state index contributed by atoms with van der Waals surface area (Å²) < 4.78 is 48.8. The molecule has 0 spiro atoms. The highest BCUT2D eigenvalue weighted by Crippen LogP contribution is 2.34. The number of nitrogens with two attached hydrogens (primary N) is 1. The maximum atomic E-state index is 12.5. The molecule has 0 fully saturated rings. The number of nitrogens with one attached hydrogen (secondary N) is 1. The van der Waals surface area contributed by atoms with Crippen molar-refractivity contribution in [1.29, 1.82) is 0 Å². The molecule has 34 heavy (non-hydrogen) atoms. The van der Waals surface area contributed by atoms with Crippen molar-refractivity contribution in [3.05, 3.63) is 47.2 Å². The number of hydrogen-bond donors (Lipinski definition) is 2. The molecule has 0 aliphatic rings. The van der Waals surface area contributed by atoms with Crippen LogP contribution >= 0.6 is 11.6 Å². The third-order valence-corrected chi connectivity index (χ3v) is 5.55. The molecule has 0 radical (unpaired) electrons. The molecule has 3 N–H and O–H groups in total. The van der Waals surface area contributed by atoms with Gasteiger partial charge in [-0.3, -0.25) is 10.1 Å². The molecule has 1 heterocycles. The monoisotopic (exact) mass is 498 g/mol. The van der Waals surface area contributed by atoms with Crippen molar-refractivity contribution in [2.24, 2.45) is 5.73 Å². The number of halogens is 4. The Kier molecular flexibility index (Phi) is 8.40. The molecule has 7 nitrogen and oxygen atoms in total. The minimum Gasteiger partial charge on any atom is -0.406 e. The Bertz CT molecular complexity index is 1130. The normalized spacial score (nSPS) is 12.8. The average Bonchev–Trinajstić information content (AvgIpc) is 3.09. The van der Waals surface area contributed by atoms with Crippen LogP contribution in [0.25, 0.3) is 22.2 Å². The molecule has 3 rings (SSSR count). The van der Waals surface area contributed by atoms with Crippen molar-refractivity contribution in [1.82, 2.24) is 14.9 Å². The van der Waals surface area contributed by atoms with Crippen LogP contribution in [0.1, 0.15) is 26.1 Å². The van der Waals surface area contributed by atoms with Gasteiger partial charge in [-0.1, -0.05) is 30.7 Å². The molecule has 0 saturated carbocycles. The van der Waals surface area contributed by atoms with Crippen molar-refractivity contribution >= 4 is 28.5 Å². The molecule has 11 heteroatoms. The van der Waals surface area contributed by atoms with Crippen molar-refractivity contribution in [2.45, 2.75) is 45.8 Å². The first-order valence-corrected chi connectivity index (χ1v) is 11.2. The Morgan fingerprint density at radius 3 is 2.53 bits per heavy atom. The van der Waals surface area contributed by atoms with Gasteiger partial charge >= 0.3 is 6.36 Å². The fraction of sp³-hybridized carbons (Fsp3) is 0.391. The number of fused-ring (bicyclic) bond motifs is 1. The van der Waals surface area contributed by atoms with Gasteiger partial charge in [0.15, 0.2) is 0 Å². The second kappa shape index (κ2) is 11.1. The highest BCUT2D eigenvalue weighted by atomic mass is 35.5. The number of primary amides is 1. The summed E-state index contributed by atoms with van der Waals surface area (Å²) >= 11 is 6.50. The minimum atomic E-state index is -4.76. The van der Waals surface area contributed by atoms with Gasteiger partial charge in [0.25, 0.3) is 0 Å². The van der Waals surface area contributed by atoms with Crippen molar-refractivity contribution < 1.29 is 27.4 Å². The second-order valence-electron chi connectivity index (χ2n) is 7.51. The summed E-state index contributed by atoms with van der Waals surface area (Å²) in [5, 5.41) is 3.52. The van der Waals surface area contributed by atoms with Crippen LogP contribution in [-0.4, -0.2) is 41.1 Å². The van der Waals surface area contributed by atoms with E-state index < -0.39 is 18.3 Å². The van der Waals surface area contributed by atoms with Gasteiger partial charge < -0.3 is 19.8 Å². The fourth-order valence-electron chi connectivity index (χ4n) is 3.60. The predicted molar refractivity (Wildman–Crippen MR) is 123 cm³/mol. The number of nitrogens with zero attached hydrogens (tertiary/aromatic N) is 2. The van der Waals surface area contributed by atoms with Crippen molar-refractivity contribution in [3.8, 4) is 16.9 Å². The van der Waals surface area contributed by atoms with Crippen LogP contribution < -0.4 is 15.8 Å². The molecule has 0 unspecified atom stereocenters. The molecule has 0 bridgehead atoms. The Labute approximate surface area is 200 Å². The van der Waals surface area contributed by atoms with E-state index >= 15 is 0 Å². The number of aromatic nitrogens is 2. The number of rotatable bonds is 11. The lowest BCUT2D eigenvalue weighted by molar-refractivity contribution is -0.274. The molecule has 2 aromatic carbocycles. The SMILES string of the molecule is CCOCCn1c(CN[C@@H](CC)C(N)=O)nc2cc(Cl)c(-c3ccc(OC(F)(F)F)cc3)cc21. The van der Waals surface area contributed by atoms with Gasteiger partial charge in [-0.2, -0.15) is 0 Å². The third-order valence-electron chi connectivity index (χ3n) is 5.24. The van der Waals surface area contributed by atoms with Crippen LogP contribution in [0, 0.1) is 0 Å². The zero-order valence-corrected chi connectivity index (χ0v) is 19.5. The summed E-state index contributed by atoms with van der Waals surface area (Å²) in [5.41, 5.74) is 8.11. The van der Waals surface area contributed by atoms with Gasteiger partial charge in [-0.05, 0) is 43.2 Å². The van der Waals surface area contributed by atoms with E-state index in [1.807, 2.05) is 24.5 Å². The van der Waals surface area contributed by atoms with Crippen LogP contribution in [0.5, 0.6) is 5.75 Å². The van der Waals surface area contributed by atoms with Crippen molar-refractivity contribution in [3.63, 3.8) is 0 Å². The maximum Gasteiger partial charge on any atom is 0.573 e.